The lowest BCUT2D eigenvalue weighted by atomic mass is 10.7. The van der Waals surface area contributed by atoms with Crippen molar-refractivity contribution < 1.29 is 9.90 Å². The third-order valence-corrected chi connectivity index (χ3v) is 1.79. The molecule has 0 bridgehead atoms. The molecule has 6 heteroatoms. The fourth-order valence-corrected chi connectivity index (χ4v) is 1.28. The topological polar surface area (TPSA) is 67.2 Å². The van der Waals surface area contributed by atoms with Crippen molar-refractivity contribution in [1.82, 2.24) is 14.3 Å². The van der Waals surface area contributed by atoms with Gasteiger partial charge in [-0.15, -0.1) is 0 Å². The molecule has 1 rings (SSSR count). The van der Waals surface area contributed by atoms with Gasteiger partial charge in [-0.3, -0.25) is 4.79 Å². The second-order valence-electron chi connectivity index (χ2n) is 2.19. The average molecular weight is 187 g/mol. The highest BCUT2D eigenvalue weighted by Gasteiger charge is 1.98. The largest absolute Gasteiger partial charge is 0.480 e. The summed E-state index contributed by atoms with van der Waals surface area (Å²) in [5.74, 6) is -0.876. The van der Waals surface area contributed by atoms with Crippen LogP contribution in [0.25, 0.3) is 0 Å². The first-order valence-corrected chi connectivity index (χ1v) is 4.09. The smallest absolute Gasteiger partial charge is 0.318 e. The third kappa shape index (κ3) is 2.93. The maximum Gasteiger partial charge on any atom is 0.318 e. The van der Waals surface area contributed by atoms with Crippen molar-refractivity contribution in [2.45, 2.75) is 5.03 Å². The Morgan fingerprint density at radius 2 is 2.67 bits per heavy atom. The zero-order valence-corrected chi connectivity index (χ0v) is 7.34. The normalized spacial score (nSPS) is 10.1. The van der Waals surface area contributed by atoms with Crippen LogP contribution in [0, 0.1) is 0 Å². The minimum absolute atomic E-state index is 0.0682. The van der Waals surface area contributed by atoms with E-state index < -0.39 is 5.97 Å². The lowest BCUT2D eigenvalue weighted by Gasteiger charge is -1.95. The van der Waals surface area contributed by atoms with Gasteiger partial charge in [-0.05, 0) is 11.9 Å². The Labute approximate surface area is 73.9 Å². The van der Waals surface area contributed by atoms with Gasteiger partial charge in [0.05, 0.1) is 6.33 Å². The second kappa shape index (κ2) is 4.13. The highest BCUT2D eigenvalue weighted by Crippen LogP contribution is 2.08. The molecule has 0 saturated heterocycles. The van der Waals surface area contributed by atoms with Gasteiger partial charge in [-0.2, -0.15) is 0 Å². The van der Waals surface area contributed by atoms with Crippen LogP contribution in [0.15, 0.2) is 17.6 Å². The number of imidazole rings is 1. The van der Waals surface area contributed by atoms with Crippen LogP contribution in [0.3, 0.4) is 0 Å². The van der Waals surface area contributed by atoms with Crippen molar-refractivity contribution in [3.63, 3.8) is 0 Å². The fraction of sp³-hybridized carbons (Fsp3) is 0.333. The van der Waals surface area contributed by atoms with E-state index in [1.165, 1.54) is 11.9 Å². The molecule has 1 aromatic heterocycles. The van der Waals surface area contributed by atoms with Gasteiger partial charge in [0.15, 0.2) is 0 Å². The minimum Gasteiger partial charge on any atom is -0.480 e. The Bertz CT molecular complexity index is 274. The van der Waals surface area contributed by atoms with Crippen LogP contribution in [0.4, 0.5) is 0 Å². The number of nitrogens with zero attached hydrogens (tertiary/aromatic N) is 2. The van der Waals surface area contributed by atoms with Crippen LogP contribution >= 0.6 is 11.9 Å². The van der Waals surface area contributed by atoms with Gasteiger partial charge in [-0.1, -0.05) is 0 Å². The Hall–Kier alpha value is -1.01. The number of aromatic nitrogens is 2. The van der Waals surface area contributed by atoms with Gasteiger partial charge >= 0.3 is 5.97 Å². The molecule has 0 saturated carbocycles. The van der Waals surface area contributed by atoms with E-state index >= 15 is 0 Å². The Morgan fingerprint density at radius 3 is 3.17 bits per heavy atom. The first kappa shape index (κ1) is 9.08. The van der Waals surface area contributed by atoms with Gasteiger partial charge in [0.1, 0.15) is 11.6 Å². The van der Waals surface area contributed by atoms with Crippen molar-refractivity contribution in [3.05, 3.63) is 12.5 Å². The molecule has 66 valence electrons. The quantitative estimate of drug-likeness (QED) is 0.654. The van der Waals surface area contributed by atoms with Crippen LogP contribution in [0.2, 0.25) is 0 Å². The van der Waals surface area contributed by atoms with Gasteiger partial charge in [0, 0.05) is 13.2 Å². The molecule has 0 amide bonds. The first-order valence-electron chi connectivity index (χ1n) is 3.28. The maximum atomic E-state index is 10.1. The molecule has 0 aliphatic heterocycles. The monoisotopic (exact) mass is 187 g/mol. The molecule has 0 atom stereocenters. The predicted octanol–water partition coefficient (Wildman–Crippen LogP) is 0.101. The van der Waals surface area contributed by atoms with Crippen molar-refractivity contribution in [2.24, 2.45) is 7.05 Å². The number of hydrogen-bond donors (Lipinski definition) is 2. The van der Waals surface area contributed by atoms with Crippen molar-refractivity contribution in [3.8, 4) is 0 Å². The van der Waals surface area contributed by atoms with E-state index in [0.29, 0.717) is 0 Å². The van der Waals surface area contributed by atoms with Gasteiger partial charge in [0.2, 0.25) is 0 Å². The molecule has 5 nitrogen and oxygen atoms in total. The number of hydrogen-bond acceptors (Lipinski definition) is 4. The molecule has 0 radical (unpaired) electrons. The molecule has 1 heterocycles. The number of rotatable bonds is 4. The molecule has 0 aliphatic rings. The summed E-state index contributed by atoms with van der Waals surface area (Å²) in [7, 11) is 1.86. The van der Waals surface area contributed by atoms with E-state index in [1.54, 1.807) is 17.1 Å². The number of aliphatic carboxylic acids is 1. The summed E-state index contributed by atoms with van der Waals surface area (Å²) >= 11 is 1.21. The van der Waals surface area contributed by atoms with E-state index in [1.807, 2.05) is 7.05 Å². The third-order valence-electron chi connectivity index (χ3n) is 1.08. The SMILES string of the molecule is Cn1cnc(SNCC(=O)O)c1. The number of nitrogens with one attached hydrogen (secondary N) is 1. The van der Waals surface area contributed by atoms with E-state index in [4.69, 9.17) is 5.11 Å². The number of carbonyl (C=O) groups is 1. The Kier molecular flexibility index (Phi) is 3.12. The summed E-state index contributed by atoms with van der Waals surface area (Å²) in [6.07, 6.45) is 3.46. The predicted molar refractivity (Wildman–Crippen MR) is 44.7 cm³/mol. The van der Waals surface area contributed by atoms with Gasteiger partial charge in [-0.25, -0.2) is 9.71 Å². The standard InChI is InChI=1S/C6H9N3O2S/c1-9-3-5(7-4-9)12-8-2-6(10)11/h3-4,8H,2H2,1H3,(H,10,11). The van der Waals surface area contributed by atoms with Crippen molar-refractivity contribution in [2.75, 3.05) is 6.54 Å². The summed E-state index contributed by atoms with van der Waals surface area (Å²) in [5, 5.41) is 9.06. The van der Waals surface area contributed by atoms with Crippen LogP contribution in [-0.2, 0) is 11.8 Å². The van der Waals surface area contributed by atoms with Crippen LogP contribution in [-0.4, -0.2) is 27.2 Å². The van der Waals surface area contributed by atoms with E-state index in [9.17, 15) is 4.79 Å². The number of carboxylic acid groups (broad SMARTS) is 1. The summed E-state index contributed by atoms with van der Waals surface area (Å²) in [6.45, 7) is -0.0682. The molecule has 0 unspecified atom stereocenters. The Morgan fingerprint density at radius 1 is 1.92 bits per heavy atom. The van der Waals surface area contributed by atoms with Crippen LogP contribution < -0.4 is 4.72 Å². The molecule has 0 fully saturated rings. The van der Waals surface area contributed by atoms with Crippen LogP contribution in [0.5, 0.6) is 0 Å². The molecule has 2 N–H and O–H groups in total. The molecule has 0 spiro atoms. The molecule has 12 heavy (non-hydrogen) atoms. The van der Waals surface area contributed by atoms with E-state index in [0.717, 1.165) is 5.03 Å². The summed E-state index contributed by atoms with van der Waals surface area (Å²) < 4.78 is 4.45. The van der Waals surface area contributed by atoms with Crippen LogP contribution in [0.1, 0.15) is 0 Å². The summed E-state index contributed by atoms with van der Waals surface area (Å²) in [4.78, 5) is 14.1. The highest BCUT2D eigenvalue weighted by molar-refractivity contribution is 7.97. The molecule has 0 aliphatic carbocycles. The van der Waals surface area contributed by atoms with Gasteiger partial charge in [0.25, 0.3) is 0 Å². The van der Waals surface area contributed by atoms with Gasteiger partial charge < -0.3 is 9.67 Å². The molecule has 0 aromatic carbocycles. The minimum atomic E-state index is -0.876. The Balaban J connectivity index is 2.29. The maximum absolute atomic E-state index is 10.1. The molecular formula is C6H9N3O2S. The zero-order valence-electron chi connectivity index (χ0n) is 6.52. The fourth-order valence-electron chi connectivity index (χ4n) is 0.613. The van der Waals surface area contributed by atoms with E-state index in [-0.39, 0.29) is 6.54 Å². The summed E-state index contributed by atoms with van der Waals surface area (Å²) in [6, 6.07) is 0. The lowest BCUT2D eigenvalue weighted by molar-refractivity contribution is -0.135. The van der Waals surface area contributed by atoms with Crippen molar-refractivity contribution in [1.29, 1.82) is 0 Å². The second-order valence-corrected chi connectivity index (χ2v) is 3.11. The average Bonchev–Trinajstić information content (AvgIpc) is 2.35. The summed E-state index contributed by atoms with van der Waals surface area (Å²) in [5.41, 5.74) is 0. The number of aryl methyl sites for hydroxylation is 1. The molecule has 1 aromatic rings. The zero-order chi connectivity index (χ0) is 8.97. The first-order chi connectivity index (χ1) is 5.68. The molecular weight excluding hydrogens is 178 g/mol. The van der Waals surface area contributed by atoms with E-state index in [2.05, 4.69) is 9.71 Å². The van der Waals surface area contributed by atoms with Crippen molar-refractivity contribution >= 4 is 17.9 Å². The number of carboxylic acids is 1. The lowest BCUT2D eigenvalue weighted by Crippen LogP contribution is -2.15. The highest BCUT2D eigenvalue weighted by atomic mass is 32.2.